The second kappa shape index (κ2) is 6.26. The lowest BCUT2D eigenvalue weighted by Gasteiger charge is -2.39. The van der Waals surface area contributed by atoms with E-state index in [-0.39, 0.29) is 5.91 Å². The predicted molar refractivity (Wildman–Crippen MR) is 99.3 cm³/mol. The van der Waals surface area contributed by atoms with Crippen molar-refractivity contribution in [1.29, 1.82) is 0 Å². The topological polar surface area (TPSA) is 46.3 Å². The van der Waals surface area contributed by atoms with Crippen LogP contribution in [0, 0.1) is 6.92 Å². The fraction of sp³-hybridized carbons (Fsp3) is 0.545. The molecule has 4 heteroatoms. The predicted octanol–water partition coefficient (Wildman–Crippen LogP) is 4.41. The monoisotopic (exact) mass is 350 g/mol. The number of benzene rings is 1. The molecule has 0 N–H and O–H groups in total. The Labute approximate surface area is 154 Å². The van der Waals surface area contributed by atoms with Gasteiger partial charge < -0.3 is 9.42 Å². The molecule has 3 heterocycles. The molecular formula is C22H26N2O2. The van der Waals surface area contributed by atoms with Crippen molar-refractivity contribution in [1.82, 2.24) is 10.1 Å². The third kappa shape index (κ3) is 2.58. The summed E-state index contributed by atoms with van der Waals surface area (Å²) in [6, 6.07) is 9.65. The number of rotatable bonds is 2. The number of hydrogen-bond acceptors (Lipinski definition) is 3. The van der Waals surface area contributed by atoms with Crippen LogP contribution in [0.3, 0.4) is 0 Å². The van der Waals surface area contributed by atoms with Gasteiger partial charge in [0.2, 0.25) is 0 Å². The second-order valence-electron chi connectivity index (χ2n) is 8.32. The first-order valence-electron chi connectivity index (χ1n) is 10.1. The van der Waals surface area contributed by atoms with Gasteiger partial charge in [-0.15, -0.1) is 0 Å². The Hall–Kier alpha value is -2.10. The van der Waals surface area contributed by atoms with Gasteiger partial charge in [-0.1, -0.05) is 35.0 Å². The molecule has 3 aliphatic rings. The fourth-order valence-corrected chi connectivity index (χ4v) is 5.29. The molecule has 2 aliphatic heterocycles. The molecule has 1 amide bonds. The van der Waals surface area contributed by atoms with Crippen molar-refractivity contribution in [3.63, 3.8) is 0 Å². The van der Waals surface area contributed by atoms with E-state index in [4.69, 9.17) is 4.52 Å². The van der Waals surface area contributed by atoms with Gasteiger partial charge in [-0.05, 0) is 63.4 Å². The molecule has 2 atom stereocenters. The second-order valence-corrected chi connectivity index (χ2v) is 8.32. The SMILES string of the molecule is Cc1ccc(C2CC3CCC(C2)N3C(=O)c2noc3c2CCCC3)cc1. The molecule has 2 unspecified atom stereocenters. The average molecular weight is 350 g/mol. The van der Waals surface area contributed by atoms with Crippen LogP contribution in [0.25, 0.3) is 0 Å². The highest BCUT2D eigenvalue weighted by atomic mass is 16.5. The summed E-state index contributed by atoms with van der Waals surface area (Å²) in [6.45, 7) is 2.13. The van der Waals surface area contributed by atoms with E-state index in [9.17, 15) is 4.79 Å². The van der Waals surface area contributed by atoms with Crippen LogP contribution in [-0.2, 0) is 12.8 Å². The van der Waals surface area contributed by atoms with Crippen molar-refractivity contribution in [3.05, 3.63) is 52.4 Å². The summed E-state index contributed by atoms with van der Waals surface area (Å²) in [7, 11) is 0. The zero-order chi connectivity index (χ0) is 17.7. The van der Waals surface area contributed by atoms with Gasteiger partial charge in [0.1, 0.15) is 5.76 Å². The maximum atomic E-state index is 13.3. The van der Waals surface area contributed by atoms with Crippen molar-refractivity contribution < 1.29 is 9.32 Å². The molecule has 0 spiro atoms. The lowest BCUT2D eigenvalue weighted by molar-refractivity contribution is 0.0560. The Balaban J connectivity index is 1.38. The molecule has 4 nitrogen and oxygen atoms in total. The number of piperidine rings is 1. The molecule has 0 saturated carbocycles. The van der Waals surface area contributed by atoms with E-state index in [2.05, 4.69) is 41.2 Å². The van der Waals surface area contributed by atoms with Gasteiger partial charge >= 0.3 is 0 Å². The normalized spacial score (nSPS) is 27.4. The molecule has 0 radical (unpaired) electrons. The molecule has 2 aromatic rings. The van der Waals surface area contributed by atoms with E-state index < -0.39 is 0 Å². The van der Waals surface area contributed by atoms with Gasteiger partial charge in [0, 0.05) is 24.1 Å². The minimum atomic E-state index is 0.117. The molecule has 136 valence electrons. The number of aromatic nitrogens is 1. The number of amides is 1. The van der Waals surface area contributed by atoms with Crippen LogP contribution in [0.1, 0.15) is 77.4 Å². The highest BCUT2D eigenvalue weighted by Gasteiger charge is 2.45. The highest BCUT2D eigenvalue weighted by Crippen LogP contribution is 2.44. The number of carbonyl (C=O) groups excluding carboxylic acids is 1. The third-order valence-corrected chi connectivity index (χ3v) is 6.67. The number of nitrogens with zero attached hydrogens (tertiary/aromatic N) is 2. The molecule has 2 saturated heterocycles. The lowest BCUT2D eigenvalue weighted by Crippen LogP contribution is -2.46. The van der Waals surface area contributed by atoms with Crippen molar-refractivity contribution in [2.24, 2.45) is 0 Å². The smallest absolute Gasteiger partial charge is 0.276 e. The van der Waals surface area contributed by atoms with Gasteiger partial charge in [0.25, 0.3) is 5.91 Å². The van der Waals surface area contributed by atoms with E-state index in [0.29, 0.717) is 23.7 Å². The molecular weight excluding hydrogens is 324 g/mol. The molecule has 1 aromatic carbocycles. The minimum Gasteiger partial charge on any atom is -0.360 e. The zero-order valence-electron chi connectivity index (χ0n) is 15.4. The van der Waals surface area contributed by atoms with E-state index >= 15 is 0 Å². The molecule has 5 rings (SSSR count). The zero-order valence-corrected chi connectivity index (χ0v) is 15.4. The van der Waals surface area contributed by atoms with Crippen molar-refractivity contribution >= 4 is 5.91 Å². The van der Waals surface area contributed by atoms with Crippen molar-refractivity contribution in [3.8, 4) is 0 Å². The first kappa shape index (κ1) is 16.1. The number of hydrogen-bond donors (Lipinski definition) is 0. The quantitative estimate of drug-likeness (QED) is 0.806. The summed E-state index contributed by atoms with van der Waals surface area (Å²) >= 11 is 0. The fourth-order valence-electron chi connectivity index (χ4n) is 5.29. The maximum Gasteiger partial charge on any atom is 0.276 e. The van der Waals surface area contributed by atoms with Gasteiger partial charge in [0.05, 0.1) is 0 Å². The summed E-state index contributed by atoms with van der Waals surface area (Å²) in [6.07, 6.45) is 8.54. The van der Waals surface area contributed by atoms with Gasteiger partial charge in [-0.2, -0.15) is 0 Å². The molecule has 1 aromatic heterocycles. The van der Waals surface area contributed by atoms with E-state index in [1.165, 1.54) is 11.1 Å². The first-order chi connectivity index (χ1) is 12.7. The maximum absolute atomic E-state index is 13.3. The van der Waals surface area contributed by atoms with Gasteiger partial charge in [-0.3, -0.25) is 4.79 Å². The number of fused-ring (bicyclic) bond motifs is 3. The van der Waals surface area contributed by atoms with Crippen LogP contribution < -0.4 is 0 Å². The summed E-state index contributed by atoms with van der Waals surface area (Å²) in [5.41, 5.74) is 4.42. The van der Waals surface area contributed by atoms with Crippen LogP contribution in [0.15, 0.2) is 28.8 Å². The Morgan fingerprint density at radius 1 is 1.08 bits per heavy atom. The summed E-state index contributed by atoms with van der Waals surface area (Å²) < 4.78 is 5.49. The van der Waals surface area contributed by atoms with Crippen LogP contribution in [0.5, 0.6) is 0 Å². The van der Waals surface area contributed by atoms with E-state index in [1.54, 1.807) is 0 Å². The summed E-state index contributed by atoms with van der Waals surface area (Å²) in [5.74, 6) is 1.64. The van der Waals surface area contributed by atoms with Crippen molar-refractivity contribution in [2.45, 2.75) is 76.3 Å². The van der Waals surface area contributed by atoms with Crippen LogP contribution in [0.4, 0.5) is 0 Å². The lowest BCUT2D eigenvalue weighted by atomic mass is 9.84. The molecule has 2 fully saturated rings. The summed E-state index contributed by atoms with van der Waals surface area (Å²) in [5, 5.41) is 4.19. The molecule has 26 heavy (non-hydrogen) atoms. The number of carbonyl (C=O) groups is 1. The highest BCUT2D eigenvalue weighted by molar-refractivity contribution is 5.94. The van der Waals surface area contributed by atoms with Crippen molar-refractivity contribution in [2.75, 3.05) is 0 Å². The van der Waals surface area contributed by atoms with Gasteiger partial charge in [0.15, 0.2) is 5.69 Å². The standard InChI is InChI=1S/C22H26N2O2/c1-14-6-8-15(9-7-14)16-12-17-10-11-18(13-16)24(17)22(25)21-19-4-2-3-5-20(19)26-23-21/h6-9,16-18H,2-5,10-13H2,1H3. The Morgan fingerprint density at radius 2 is 1.77 bits per heavy atom. The molecule has 2 bridgehead atoms. The average Bonchev–Trinajstić information content (AvgIpc) is 3.20. The third-order valence-electron chi connectivity index (χ3n) is 6.67. The largest absolute Gasteiger partial charge is 0.360 e. The van der Waals surface area contributed by atoms with E-state index in [0.717, 1.165) is 62.7 Å². The van der Waals surface area contributed by atoms with Crippen LogP contribution >= 0.6 is 0 Å². The first-order valence-corrected chi connectivity index (χ1v) is 10.1. The minimum absolute atomic E-state index is 0.117. The Morgan fingerprint density at radius 3 is 2.50 bits per heavy atom. The molecule has 1 aliphatic carbocycles. The van der Waals surface area contributed by atoms with E-state index in [1.807, 2.05) is 0 Å². The number of aryl methyl sites for hydroxylation is 2. The van der Waals surface area contributed by atoms with Crippen LogP contribution in [0.2, 0.25) is 0 Å². The van der Waals surface area contributed by atoms with Crippen LogP contribution in [-0.4, -0.2) is 28.0 Å². The Kier molecular flexibility index (Phi) is 3.87. The Bertz CT molecular complexity index is 809. The summed E-state index contributed by atoms with van der Waals surface area (Å²) in [4.78, 5) is 15.4. The van der Waals surface area contributed by atoms with Gasteiger partial charge in [-0.25, -0.2) is 0 Å².